The maximum Gasteiger partial charge on any atom is 0.125 e. The van der Waals surface area contributed by atoms with Gasteiger partial charge < -0.3 is 9.84 Å². The highest BCUT2D eigenvalue weighted by Crippen LogP contribution is 2.29. The van der Waals surface area contributed by atoms with Gasteiger partial charge in [0.2, 0.25) is 0 Å². The minimum Gasteiger partial charge on any atom is -0.378 e. The monoisotopic (exact) mass is 365 g/mol. The predicted molar refractivity (Wildman–Crippen MR) is 104 cm³/mol. The van der Waals surface area contributed by atoms with Crippen LogP contribution in [0.5, 0.6) is 0 Å². The summed E-state index contributed by atoms with van der Waals surface area (Å²) in [7, 11) is 0. The minimum atomic E-state index is -0.795. The van der Waals surface area contributed by atoms with Gasteiger partial charge in [-0.2, -0.15) is 0 Å². The van der Waals surface area contributed by atoms with Crippen molar-refractivity contribution in [3.63, 3.8) is 0 Å². The van der Waals surface area contributed by atoms with Gasteiger partial charge in [-0.3, -0.25) is 0 Å². The Hall–Kier alpha value is -2.16. The van der Waals surface area contributed by atoms with E-state index in [0.717, 1.165) is 74.1 Å². The summed E-state index contributed by atoms with van der Waals surface area (Å²) in [6, 6.07) is 6.10. The molecule has 1 unspecified atom stereocenters. The van der Waals surface area contributed by atoms with Gasteiger partial charge in [-0.25, -0.2) is 4.68 Å². The molecule has 1 saturated heterocycles. The van der Waals surface area contributed by atoms with E-state index in [2.05, 4.69) is 35.1 Å². The Morgan fingerprint density at radius 2 is 2.11 bits per heavy atom. The van der Waals surface area contributed by atoms with E-state index in [1.165, 1.54) is 6.42 Å². The fraction of sp³-hybridized carbons (Fsp3) is 0.545. The van der Waals surface area contributed by atoms with Crippen molar-refractivity contribution in [2.75, 3.05) is 6.61 Å². The van der Waals surface area contributed by atoms with Gasteiger partial charge in [-0.05, 0) is 69.6 Å². The van der Waals surface area contributed by atoms with Crippen LogP contribution in [-0.4, -0.2) is 38.4 Å². The number of aliphatic hydroxyl groups is 1. The van der Waals surface area contributed by atoms with Gasteiger partial charge in [0, 0.05) is 17.7 Å². The topological polar surface area (TPSA) is 60.2 Å². The molecule has 1 saturated carbocycles. The molecule has 4 rings (SSSR count). The van der Waals surface area contributed by atoms with Gasteiger partial charge in [0.05, 0.1) is 18.8 Å². The molecule has 0 bridgehead atoms. The van der Waals surface area contributed by atoms with Gasteiger partial charge in [-0.1, -0.05) is 23.1 Å². The summed E-state index contributed by atoms with van der Waals surface area (Å²) in [5.74, 6) is 6.22. The number of hydrogen-bond acceptors (Lipinski definition) is 4. The molecule has 27 heavy (non-hydrogen) atoms. The molecule has 0 amide bonds. The first kappa shape index (κ1) is 18.2. The lowest BCUT2D eigenvalue weighted by Crippen LogP contribution is -2.24. The van der Waals surface area contributed by atoms with Crippen molar-refractivity contribution in [2.24, 2.45) is 0 Å². The molecule has 1 aromatic carbocycles. The largest absolute Gasteiger partial charge is 0.378 e. The number of hydrogen-bond donors (Lipinski definition) is 1. The van der Waals surface area contributed by atoms with Crippen LogP contribution in [0.1, 0.15) is 56.1 Å². The molecule has 0 spiro atoms. The van der Waals surface area contributed by atoms with E-state index in [4.69, 9.17) is 4.74 Å². The van der Waals surface area contributed by atoms with Crippen LogP contribution in [0.3, 0.4) is 0 Å². The van der Waals surface area contributed by atoms with E-state index in [9.17, 15) is 5.11 Å². The molecule has 1 aromatic heterocycles. The van der Waals surface area contributed by atoms with E-state index >= 15 is 0 Å². The zero-order valence-electron chi connectivity index (χ0n) is 15.9. The average molecular weight is 365 g/mol. The van der Waals surface area contributed by atoms with Crippen LogP contribution >= 0.6 is 0 Å². The van der Waals surface area contributed by atoms with Crippen LogP contribution < -0.4 is 0 Å². The first-order valence-corrected chi connectivity index (χ1v) is 10.00. The highest BCUT2D eigenvalue weighted by molar-refractivity contribution is 5.64. The number of aryl methyl sites for hydroxylation is 1. The van der Waals surface area contributed by atoms with E-state index in [0.29, 0.717) is 0 Å². The van der Waals surface area contributed by atoms with E-state index in [1.54, 1.807) is 0 Å². The summed E-state index contributed by atoms with van der Waals surface area (Å²) in [5.41, 5.74) is 3.19. The summed E-state index contributed by atoms with van der Waals surface area (Å²) in [6.07, 6.45) is 9.40. The zero-order valence-corrected chi connectivity index (χ0v) is 15.9. The molecule has 2 heterocycles. The number of ether oxygens (including phenoxy) is 1. The van der Waals surface area contributed by atoms with Gasteiger partial charge in [0.15, 0.2) is 0 Å². The van der Waals surface area contributed by atoms with Crippen molar-refractivity contribution >= 4 is 0 Å². The van der Waals surface area contributed by atoms with Gasteiger partial charge in [-0.15, -0.1) is 5.10 Å². The first-order valence-electron chi connectivity index (χ1n) is 10.00. The van der Waals surface area contributed by atoms with Crippen LogP contribution in [-0.2, 0) is 11.3 Å². The quantitative estimate of drug-likeness (QED) is 0.846. The summed E-state index contributed by atoms with van der Waals surface area (Å²) < 4.78 is 7.67. The normalized spacial score (nSPS) is 21.6. The Bertz CT molecular complexity index is 850. The Kier molecular flexibility index (Phi) is 5.29. The fourth-order valence-electron chi connectivity index (χ4n) is 3.97. The third-order valence-electron chi connectivity index (χ3n) is 5.58. The molecule has 5 nitrogen and oxygen atoms in total. The number of nitrogens with zero attached hydrogens (tertiary/aromatic N) is 3. The molecule has 1 N–H and O–H groups in total. The Labute approximate surface area is 160 Å². The predicted octanol–water partition coefficient (Wildman–Crippen LogP) is 3.48. The van der Waals surface area contributed by atoms with Crippen LogP contribution in [0.4, 0.5) is 0 Å². The smallest absolute Gasteiger partial charge is 0.125 e. The van der Waals surface area contributed by atoms with Gasteiger partial charge >= 0.3 is 0 Å². The highest BCUT2D eigenvalue weighted by Gasteiger charge is 2.28. The molecule has 1 atom stereocenters. The molecular formula is C22H27N3O2. The number of rotatable bonds is 3. The summed E-state index contributed by atoms with van der Waals surface area (Å²) >= 11 is 0. The summed E-state index contributed by atoms with van der Waals surface area (Å²) in [4.78, 5) is 0. The maximum absolute atomic E-state index is 10.4. The molecule has 142 valence electrons. The Morgan fingerprint density at radius 1 is 1.26 bits per heavy atom. The van der Waals surface area contributed by atoms with Crippen molar-refractivity contribution < 1.29 is 9.84 Å². The molecule has 0 radical (unpaired) electrons. The van der Waals surface area contributed by atoms with Crippen LogP contribution in [0.15, 0.2) is 24.4 Å². The molecular weight excluding hydrogens is 338 g/mol. The number of benzene rings is 1. The SMILES string of the molecule is Cc1cc(C#CC2(O)CCCC2)ccc1-c1cn(CC2CCCCO2)nn1. The van der Waals surface area contributed by atoms with Crippen molar-refractivity contribution in [3.05, 3.63) is 35.5 Å². The van der Waals surface area contributed by atoms with Crippen molar-refractivity contribution in [2.45, 2.75) is 70.1 Å². The lowest BCUT2D eigenvalue weighted by atomic mass is 10.0. The van der Waals surface area contributed by atoms with E-state index in [-0.39, 0.29) is 6.10 Å². The Morgan fingerprint density at radius 3 is 2.85 bits per heavy atom. The summed E-state index contributed by atoms with van der Waals surface area (Å²) in [6.45, 7) is 3.67. The van der Waals surface area contributed by atoms with E-state index < -0.39 is 5.60 Å². The average Bonchev–Trinajstić information content (AvgIpc) is 3.31. The van der Waals surface area contributed by atoms with Gasteiger partial charge in [0.1, 0.15) is 11.3 Å². The van der Waals surface area contributed by atoms with Crippen LogP contribution in [0.2, 0.25) is 0 Å². The Balaban J connectivity index is 1.47. The molecule has 1 aliphatic carbocycles. The molecule has 5 heteroatoms. The lowest BCUT2D eigenvalue weighted by molar-refractivity contribution is 0.00370. The fourth-order valence-corrected chi connectivity index (χ4v) is 3.97. The van der Waals surface area contributed by atoms with Crippen LogP contribution in [0.25, 0.3) is 11.3 Å². The molecule has 1 aliphatic heterocycles. The third kappa shape index (κ3) is 4.40. The standard InChI is InChI=1S/C22H27N3O2/c1-17-14-18(9-12-22(26)10-3-4-11-22)7-8-20(17)21-16-25(24-23-21)15-19-6-2-5-13-27-19/h7-8,14,16,19,26H,2-6,10-11,13,15H2,1H3. The third-order valence-corrected chi connectivity index (χ3v) is 5.58. The van der Waals surface area contributed by atoms with Crippen molar-refractivity contribution in [3.8, 4) is 23.1 Å². The van der Waals surface area contributed by atoms with E-state index in [1.807, 2.05) is 23.0 Å². The van der Waals surface area contributed by atoms with Gasteiger partial charge in [0.25, 0.3) is 0 Å². The minimum absolute atomic E-state index is 0.244. The zero-order chi connectivity index (χ0) is 18.7. The summed E-state index contributed by atoms with van der Waals surface area (Å²) in [5, 5.41) is 19.0. The molecule has 2 fully saturated rings. The molecule has 2 aromatic rings. The number of aromatic nitrogens is 3. The second kappa shape index (κ2) is 7.84. The first-order chi connectivity index (χ1) is 13.1. The van der Waals surface area contributed by atoms with Crippen LogP contribution in [0, 0.1) is 18.8 Å². The highest BCUT2D eigenvalue weighted by atomic mass is 16.5. The second-order valence-corrected chi connectivity index (χ2v) is 7.83. The lowest BCUT2D eigenvalue weighted by Gasteiger charge is -2.21. The maximum atomic E-state index is 10.4. The molecule has 2 aliphatic rings. The van der Waals surface area contributed by atoms with Crippen molar-refractivity contribution in [1.82, 2.24) is 15.0 Å². The second-order valence-electron chi connectivity index (χ2n) is 7.83. The van der Waals surface area contributed by atoms with Crippen molar-refractivity contribution in [1.29, 1.82) is 0 Å².